The highest BCUT2D eigenvalue weighted by molar-refractivity contribution is 7.22. The van der Waals surface area contributed by atoms with Gasteiger partial charge in [0.25, 0.3) is 11.6 Å². The topological polar surface area (TPSA) is 98.0 Å². The fraction of sp³-hybridized carbons (Fsp3) is 0.273. The number of fused-ring (bicyclic) bond motifs is 2. The number of aromatic nitrogens is 1. The molecule has 166 valence electrons. The molecule has 32 heavy (non-hydrogen) atoms. The maximum atomic E-state index is 13.1. The van der Waals surface area contributed by atoms with Crippen LogP contribution in [0, 0.1) is 10.1 Å². The maximum Gasteiger partial charge on any atom is 0.270 e. The second-order valence-electron chi connectivity index (χ2n) is 7.50. The number of carbonyl (C=O) groups is 1. The number of nitro groups is 1. The molecule has 4 rings (SSSR count). The Balaban J connectivity index is 1.60. The lowest BCUT2D eigenvalue weighted by Crippen LogP contribution is -2.32. The summed E-state index contributed by atoms with van der Waals surface area (Å²) in [4.78, 5) is 32.0. The van der Waals surface area contributed by atoms with E-state index in [1.807, 2.05) is 26.2 Å². The minimum absolute atomic E-state index is 0.0221. The molecule has 0 N–H and O–H groups in total. The van der Waals surface area contributed by atoms with E-state index in [1.165, 1.54) is 29.5 Å². The van der Waals surface area contributed by atoms with Crippen molar-refractivity contribution >= 4 is 44.4 Å². The number of ether oxygens (including phenoxy) is 2. The summed E-state index contributed by atoms with van der Waals surface area (Å²) >= 11 is 1.41. The average molecular weight is 455 g/mol. The number of nitro benzene ring substituents is 1. The molecule has 1 amide bonds. The first-order chi connectivity index (χ1) is 15.4. The lowest BCUT2D eigenvalue weighted by Gasteiger charge is -2.19. The fourth-order valence-electron chi connectivity index (χ4n) is 3.27. The van der Waals surface area contributed by atoms with E-state index in [2.05, 4.69) is 9.88 Å². The minimum Gasteiger partial charge on any atom is -0.454 e. The predicted octanol–water partition coefficient (Wildman–Crippen LogP) is 3.93. The average Bonchev–Trinajstić information content (AvgIpc) is 3.39. The van der Waals surface area contributed by atoms with Crippen molar-refractivity contribution in [1.82, 2.24) is 9.88 Å². The molecule has 1 aliphatic heterocycles. The van der Waals surface area contributed by atoms with Gasteiger partial charge in [-0.2, -0.15) is 0 Å². The first-order valence-electron chi connectivity index (χ1n) is 9.99. The molecule has 0 aliphatic carbocycles. The van der Waals surface area contributed by atoms with Crippen molar-refractivity contribution in [2.75, 3.05) is 38.9 Å². The molecule has 3 aromatic rings. The van der Waals surface area contributed by atoms with Crippen molar-refractivity contribution < 1.29 is 19.2 Å². The Morgan fingerprint density at radius 2 is 2.00 bits per heavy atom. The Morgan fingerprint density at radius 3 is 2.75 bits per heavy atom. The monoisotopic (exact) mass is 454 g/mol. The summed E-state index contributed by atoms with van der Waals surface area (Å²) in [5, 5.41) is 11.6. The number of rotatable bonds is 8. The molecule has 2 aromatic carbocycles. The van der Waals surface area contributed by atoms with Crippen LogP contribution in [-0.4, -0.2) is 54.7 Å². The molecule has 0 fully saturated rings. The van der Waals surface area contributed by atoms with Gasteiger partial charge >= 0.3 is 0 Å². The van der Waals surface area contributed by atoms with E-state index in [0.29, 0.717) is 28.7 Å². The standard InChI is InChI=1S/C22H22N4O5S/c1-24(2)9-4-10-25(21(27)8-7-15-5-3-6-16(11-15)26(28)29)22-23-17-12-18-19(31-14-30-18)13-20(17)32-22/h3,5-8,11-13H,4,9-10,14H2,1-2H3/b8-7+. The highest BCUT2D eigenvalue weighted by atomic mass is 32.1. The summed E-state index contributed by atoms with van der Waals surface area (Å²) < 4.78 is 11.8. The molecule has 0 spiro atoms. The highest BCUT2D eigenvalue weighted by Crippen LogP contribution is 2.39. The third-order valence-corrected chi connectivity index (χ3v) is 5.90. The van der Waals surface area contributed by atoms with Crippen LogP contribution in [0.2, 0.25) is 0 Å². The van der Waals surface area contributed by atoms with Gasteiger partial charge in [-0.15, -0.1) is 0 Å². The summed E-state index contributed by atoms with van der Waals surface area (Å²) in [6.45, 7) is 1.50. The normalized spacial score (nSPS) is 12.7. The van der Waals surface area contributed by atoms with Crippen molar-refractivity contribution in [1.29, 1.82) is 0 Å². The number of hydrogen-bond donors (Lipinski definition) is 0. The summed E-state index contributed by atoms with van der Waals surface area (Å²) in [5.41, 5.74) is 1.30. The number of benzene rings is 2. The van der Waals surface area contributed by atoms with Crippen molar-refractivity contribution in [3.8, 4) is 11.5 Å². The molecular weight excluding hydrogens is 432 g/mol. The second kappa shape index (κ2) is 9.33. The zero-order chi connectivity index (χ0) is 22.7. The zero-order valence-corrected chi connectivity index (χ0v) is 18.5. The zero-order valence-electron chi connectivity index (χ0n) is 17.7. The molecule has 2 heterocycles. The molecule has 0 radical (unpaired) electrons. The number of nitrogens with zero attached hydrogens (tertiary/aromatic N) is 4. The van der Waals surface area contributed by atoms with Gasteiger partial charge in [-0.1, -0.05) is 23.5 Å². The van der Waals surface area contributed by atoms with Crippen molar-refractivity contribution in [2.45, 2.75) is 6.42 Å². The van der Waals surface area contributed by atoms with Gasteiger partial charge in [-0.25, -0.2) is 4.98 Å². The Hall–Kier alpha value is -3.50. The van der Waals surface area contributed by atoms with Crippen LogP contribution in [0.15, 0.2) is 42.5 Å². The van der Waals surface area contributed by atoms with Gasteiger partial charge in [0.15, 0.2) is 16.6 Å². The Kier molecular flexibility index (Phi) is 6.33. The van der Waals surface area contributed by atoms with Gasteiger partial charge in [0.1, 0.15) is 0 Å². The lowest BCUT2D eigenvalue weighted by molar-refractivity contribution is -0.384. The second-order valence-corrected chi connectivity index (χ2v) is 8.51. The summed E-state index contributed by atoms with van der Waals surface area (Å²) in [6, 6.07) is 9.84. The number of amides is 1. The van der Waals surface area contributed by atoms with Crippen molar-refractivity contribution in [2.24, 2.45) is 0 Å². The SMILES string of the molecule is CN(C)CCCN(C(=O)/C=C/c1cccc([N+](=O)[O-])c1)c1nc2cc3c(cc2s1)OCO3. The van der Waals surface area contributed by atoms with Gasteiger partial charge in [0.05, 0.1) is 15.1 Å². The van der Waals surface area contributed by atoms with Crippen LogP contribution in [0.3, 0.4) is 0 Å². The van der Waals surface area contributed by atoms with E-state index in [9.17, 15) is 14.9 Å². The number of carbonyl (C=O) groups excluding carboxylic acids is 1. The van der Waals surface area contributed by atoms with Gasteiger partial charge in [-0.05, 0) is 38.7 Å². The third-order valence-electron chi connectivity index (χ3n) is 4.85. The molecule has 0 saturated heterocycles. The van der Waals surface area contributed by atoms with E-state index in [1.54, 1.807) is 23.1 Å². The smallest absolute Gasteiger partial charge is 0.270 e. The van der Waals surface area contributed by atoms with Crippen LogP contribution in [0.5, 0.6) is 11.5 Å². The van der Waals surface area contributed by atoms with Gasteiger partial charge in [-0.3, -0.25) is 19.8 Å². The molecule has 0 bridgehead atoms. The molecule has 0 unspecified atom stereocenters. The van der Waals surface area contributed by atoms with E-state index in [4.69, 9.17) is 9.47 Å². The van der Waals surface area contributed by atoms with Gasteiger partial charge in [0, 0.05) is 36.9 Å². The summed E-state index contributed by atoms with van der Waals surface area (Å²) in [6.07, 6.45) is 3.77. The fourth-order valence-corrected chi connectivity index (χ4v) is 4.27. The number of anilines is 1. The van der Waals surface area contributed by atoms with Crippen LogP contribution in [0.25, 0.3) is 16.3 Å². The van der Waals surface area contributed by atoms with Crippen LogP contribution in [0.4, 0.5) is 10.8 Å². The maximum absolute atomic E-state index is 13.1. The highest BCUT2D eigenvalue weighted by Gasteiger charge is 2.21. The van der Waals surface area contributed by atoms with Crippen LogP contribution < -0.4 is 14.4 Å². The van der Waals surface area contributed by atoms with Gasteiger partial charge in [0.2, 0.25) is 6.79 Å². The first-order valence-corrected chi connectivity index (χ1v) is 10.8. The van der Waals surface area contributed by atoms with E-state index >= 15 is 0 Å². The molecule has 9 nitrogen and oxygen atoms in total. The Morgan fingerprint density at radius 1 is 1.22 bits per heavy atom. The molecule has 10 heteroatoms. The number of thiazole rings is 1. The molecule has 1 aromatic heterocycles. The minimum atomic E-state index is -0.460. The van der Waals surface area contributed by atoms with E-state index in [-0.39, 0.29) is 18.4 Å². The Labute approximate surface area is 188 Å². The van der Waals surface area contributed by atoms with Crippen LogP contribution in [-0.2, 0) is 4.79 Å². The van der Waals surface area contributed by atoms with E-state index in [0.717, 1.165) is 23.2 Å². The number of non-ortho nitro benzene ring substituents is 1. The molecule has 1 aliphatic rings. The summed E-state index contributed by atoms with van der Waals surface area (Å²) in [7, 11) is 3.96. The van der Waals surface area contributed by atoms with E-state index < -0.39 is 4.92 Å². The molecular formula is C22H22N4O5S. The molecule has 0 saturated carbocycles. The summed E-state index contributed by atoms with van der Waals surface area (Å²) in [5.74, 6) is 1.07. The van der Waals surface area contributed by atoms with Crippen molar-refractivity contribution in [3.63, 3.8) is 0 Å². The predicted molar refractivity (Wildman–Crippen MR) is 123 cm³/mol. The van der Waals surface area contributed by atoms with Crippen LogP contribution in [0.1, 0.15) is 12.0 Å². The molecule has 0 atom stereocenters. The number of hydrogen-bond acceptors (Lipinski definition) is 8. The Bertz CT molecular complexity index is 1150. The largest absolute Gasteiger partial charge is 0.454 e. The lowest BCUT2D eigenvalue weighted by atomic mass is 10.2. The van der Waals surface area contributed by atoms with Gasteiger partial charge < -0.3 is 14.4 Å². The quantitative estimate of drug-likeness (QED) is 0.289. The third kappa shape index (κ3) is 4.87. The first kappa shape index (κ1) is 21.7. The van der Waals surface area contributed by atoms with Crippen LogP contribution >= 0.6 is 11.3 Å². The van der Waals surface area contributed by atoms with Crippen molar-refractivity contribution in [3.05, 3.63) is 58.2 Å².